The van der Waals surface area contributed by atoms with Gasteiger partial charge in [0.25, 0.3) is 5.91 Å². The van der Waals surface area contributed by atoms with E-state index in [0.29, 0.717) is 28.1 Å². The van der Waals surface area contributed by atoms with Crippen molar-refractivity contribution < 1.29 is 9.32 Å². The topological polar surface area (TPSA) is 92.9 Å². The fraction of sp³-hybridized carbons (Fsp3) is 0.125. The molecule has 122 valence electrons. The lowest BCUT2D eigenvalue weighted by atomic mass is 10.2. The van der Waals surface area contributed by atoms with Gasteiger partial charge in [0.15, 0.2) is 5.82 Å². The van der Waals surface area contributed by atoms with Crippen LogP contribution in [-0.2, 0) is 0 Å². The Labute approximate surface area is 143 Å². The van der Waals surface area contributed by atoms with Gasteiger partial charge in [0.05, 0.1) is 5.56 Å². The molecule has 3 rings (SSSR count). The van der Waals surface area contributed by atoms with Crippen LogP contribution in [0, 0.1) is 13.8 Å². The van der Waals surface area contributed by atoms with Crippen LogP contribution < -0.4 is 10.6 Å². The van der Waals surface area contributed by atoms with Gasteiger partial charge in [-0.15, -0.1) is 0 Å². The van der Waals surface area contributed by atoms with E-state index in [1.807, 2.05) is 19.1 Å². The van der Waals surface area contributed by atoms with Crippen LogP contribution in [-0.4, -0.2) is 21.0 Å². The smallest absolute Gasteiger partial charge is 0.260 e. The number of nitrogens with one attached hydrogen (secondary N) is 2. The Morgan fingerprint density at radius 1 is 1.17 bits per heavy atom. The zero-order valence-electron chi connectivity index (χ0n) is 13.0. The lowest BCUT2D eigenvalue weighted by Crippen LogP contribution is -2.13. The first-order valence-corrected chi connectivity index (χ1v) is 7.49. The van der Waals surface area contributed by atoms with E-state index in [4.69, 9.17) is 16.1 Å². The van der Waals surface area contributed by atoms with Crippen LogP contribution in [0.5, 0.6) is 0 Å². The number of halogens is 1. The van der Waals surface area contributed by atoms with Gasteiger partial charge in [-0.05, 0) is 31.5 Å². The number of nitrogens with zero attached hydrogens (tertiary/aromatic N) is 3. The van der Waals surface area contributed by atoms with Crippen LogP contribution >= 0.6 is 11.6 Å². The largest absolute Gasteiger partial charge is 0.360 e. The number of benzene rings is 1. The van der Waals surface area contributed by atoms with Crippen molar-refractivity contribution in [1.29, 1.82) is 0 Å². The SMILES string of the molecule is Cc1cc(NC(=O)c2cnc(Nc3ccc(C)c(Cl)c3)nc2)no1. The maximum Gasteiger partial charge on any atom is 0.260 e. The summed E-state index contributed by atoms with van der Waals surface area (Å²) in [5.74, 6) is 0.948. The highest BCUT2D eigenvalue weighted by Crippen LogP contribution is 2.21. The van der Waals surface area contributed by atoms with E-state index in [0.717, 1.165) is 11.3 Å². The molecule has 7 nitrogen and oxygen atoms in total. The number of hydrogen-bond donors (Lipinski definition) is 2. The van der Waals surface area contributed by atoms with Crippen molar-refractivity contribution in [3.05, 3.63) is 58.6 Å². The Morgan fingerprint density at radius 3 is 2.54 bits per heavy atom. The molecule has 0 saturated heterocycles. The summed E-state index contributed by atoms with van der Waals surface area (Å²) >= 11 is 6.08. The zero-order chi connectivity index (χ0) is 17.1. The minimum absolute atomic E-state index is 0.308. The molecule has 0 bridgehead atoms. The number of aromatic nitrogens is 3. The Hall–Kier alpha value is -2.93. The summed E-state index contributed by atoms with van der Waals surface area (Å²) in [6.07, 6.45) is 2.85. The molecule has 3 aromatic rings. The fourth-order valence-corrected chi connectivity index (χ4v) is 2.10. The third-order valence-electron chi connectivity index (χ3n) is 3.21. The summed E-state index contributed by atoms with van der Waals surface area (Å²) in [7, 11) is 0. The fourth-order valence-electron chi connectivity index (χ4n) is 1.92. The van der Waals surface area contributed by atoms with Crippen molar-refractivity contribution in [2.75, 3.05) is 10.6 Å². The number of carbonyl (C=O) groups excluding carboxylic acids is 1. The number of rotatable bonds is 4. The first-order chi connectivity index (χ1) is 11.5. The molecule has 8 heteroatoms. The van der Waals surface area contributed by atoms with Crippen molar-refractivity contribution in [2.24, 2.45) is 0 Å². The van der Waals surface area contributed by atoms with Crippen molar-refractivity contribution in [3.8, 4) is 0 Å². The maximum atomic E-state index is 12.1. The Kier molecular flexibility index (Phi) is 4.43. The van der Waals surface area contributed by atoms with E-state index >= 15 is 0 Å². The predicted octanol–water partition coefficient (Wildman–Crippen LogP) is 3.73. The molecular weight excluding hydrogens is 330 g/mol. The first kappa shape index (κ1) is 15.9. The van der Waals surface area contributed by atoms with Gasteiger partial charge in [-0.1, -0.05) is 22.8 Å². The zero-order valence-corrected chi connectivity index (χ0v) is 13.8. The second-order valence-electron chi connectivity index (χ2n) is 5.16. The van der Waals surface area contributed by atoms with Crippen LogP contribution in [0.25, 0.3) is 0 Å². The van der Waals surface area contributed by atoms with Crippen LogP contribution in [0.3, 0.4) is 0 Å². The van der Waals surface area contributed by atoms with Gasteiger partial charge in [0.2, 0.25) is 5.95 Å². The number of amides is 1. The Bertz CT molecular complexity index is 876. The third kappa shape index (κ3) is 3.69. The molecule has 2 heterocycles. The van der Waals surface area contributed by atoms with E-state index < -0.39 is 0 Å². The molecule has 0 aliphatic rings. The average Bonchev–Trinajstić information content (AvgIpc) is 2.96. The summed E-state index contributed by atoms with van der Waals surface area (Å²) in [6, 6.07) is 7.17. The molecule has 0 atom stereocenters. The number of anilines is 3. The summed E-state index contributed by atoms with van der Waals surface area (Å²) in [5.41, 5.74) is 2.06. The highest BCUT2D eigenvalue weighted by Gasteiger charge is 2.10. The van der Waals surface area contributed by atoms with Crippen LogP contribution in [0.15, 0.2) is 41.2 Å². The van der Waals surface area contributed by atoms with Gasteiger partial charge in [-0.2, -0.15) is 0 Å². The molecule has 0 spiro atoms. The van der Waals surface area contributed by atoms with Gasteiger partial charge >= 0.3 is 0 Å². The third-order valence-corrected chi connectivity index (χ3v) is 3.62. The predicted molar refractivity (Wildman–Crippen MR) is 90.7 cm³/mol. The quantitative estimate of drug-likeness (QED) is 0.749. The number of hydrogen-bond acceptors (Lipinski definition) is 6. The molecule has 2 aromatic heterocycles. The highest BCUT2D eigenvalue weighted by molar-refractivity contribution is 6.31. The Balaban J connectivity index is 1.68. The summed E-state index contributed by atoms with van der Waals surface area (Å²) in [5, 5.41) is 9.97. The summed E-state index contributed by atoms with van der Waals surface area (Å²) in [6.45, 7) is 3.66. The molecule has 0 fully saturated rings. The van der Waals surface area contributed by atoms with E-state index in [2.05, 4.69) is 25.8 Å². The number of carbonyl (C=O) groups is 1. The standard InChI is InChI=1S/C16H14ClN5O2/c1-9-3-4-12(6-13(9)17)20-16-18-7-11(8-19-16)15(23)21-14-5-10(2)24-22-14/h3-8H,1-2H3,(H,18,19,20)(H,21,22,23). The van der Waals surface area contributed by atoms with Gasteiger partial charge in [-0.3, -0.25) is 4.79 Å². The second-order valence-corrected chi connectivity index (χ2v) is 5.57. The highest BCUT2D eigenvalue weighted by atomic mass is 35.5. The molecule has 24 heavy (non-hydrogen) atoms. The van der Waals surface area contributed by atoms with E-state index in [1.165, 1.54) is 12.4 Å². The molecule has 2 N–H and O–H groups in total. The van der Waals surface area contributed by atoms with Gasteiger partial charge in [0, 0.05) is 29.2 Å². The lowest BCUT2D eigenvalue weighted by Gasteiger charge is -2.07. The van der Waals surface area contributed by atoms with E-state index in [-0.39, 0.29) is 5.91 Å². The average molecular weight is 344 g/mol. The van der Waals surface area contributed by atoms with Crippen molar-refractivity contribution >= 4 is 35.0 Å². The molecule has 0 aliphatic heterocycles. The number of aryl methyl sites for hydroxylation is 2. The second kappa shape index (κ2) is 6.67. The normalized spacial score (nSPS) is 10.5. The molecular formula is C16H14ClN5O2. The molecule has 0 radical (unpaired) electrons. The van der Waals surface area contributed by atoms with Crippen molar-refractivity contribution in [3.63, 3.8) is 0 Å². The summed E-state index contributed by atoms with van der Waals surface area (Å²) in [4.78, 5) is 20.3. The van der Waals surface area contributed by atoms with Crippen molar-refractivity contribution in [2.45, 2.75) is 13.8 Å². The minimum Gasteiger partial charge on any atom is -0.360 e. The van der Waals surface area contributed by atoms with Crippen molar-refractivity contribution in [1.82, 2.24) is 15.1 Å². The van der Waals surface area contributed by atoms with Crippen LogP contribution in [0.4, 0.5) is 17.5 Å². The molecule has 1 amide bonds. The monoisotopic (exact) mass is 343 g/mol. The molecule has 1 aromatic carbocycles. The molecule has 0 saturated carbocycles. The minimum atomic E-state index is -0.367. The van der Waals surface area contributed by atoms with E-state index in [1.54, 1.807) is 19.1 Å². The first-order valence-electron chi connectivity index (χ1n) is 7.11. The Morgan fingerprint density at radius 2 is 1.92 bits per heavy atom. The van der Waals surface area contributed by atoms with Gasteiger partial charge in [-0.25, -0.2) is 9.97 Å². The summed E-state index contributed by atoms with van der Waals surface area (Å²) < 4.78 is 4.89. The van der Waals surface area contributed by atoms with Crippen LogP contribution in [0.1, 0.15) is 21.7 Å². The van der Waals surface area contributed by atoms with E-state index in [9.17, 15) is 4.79 Å². The lowest BCUT2D eigenvalue weighted by molar-refractivity contribution is 0.102. The van der Waals surface area contributed by atoms with Gasteiger partial charge < -0.3 is 15.2 Å². The maximum absolute atomic E-state index is 12.1. The van der Waals surface area contributed by atoms with Crippen LogP contribution in [0.2, 0.25) is 5.02 Å². The molecule has 0 unspecified atom stereocenters. The molecule has 0 aliphatic carbocycles. The van der Waals surface area contributed by atoms with Gasteiger partial charge in [0.1, 0.15) is 5.76 Å².